The quantitative estimate of drug-likeness (QED) is 0.0956. The van der Waals surface area contributed by atoms with Gasteiger partial charge in [-0.3, -0.25) is 14.2 Å². The van der Waals surface area contributed by atoms with E-state index in [1.807, 2.05) is 78.9 Å². The second kappa shape index (κ2) is 14.4. The molecule has 1 N–H and O–H groups in total. The molecule has 0 saturated carbocycles. The number of hydrogen-bond acceptors (Lipinski definition) is 6. The molecule has 0 aliphatic rings. The number of carboxylic acids is 1. The summed E-state index contributed by atoms with van der Waals surface area (Å²) in [4.78, 5) is 18.9. The first-order valence-corrected chi connectivity index (χ1v) is 15.3. The minimum Gasteiger partial charge on any atom is -0.489 e. The molecule has 5 rings (SSSR count). The van der Waals surface area contributed by atoms with Gasteiger partial charge in [0.1, 0.15) is 17.9 Å². The Bertz CT molecular complexity index is 1660. The summed E-state index contributed by atoms with van der Waals surface area (Å²) < 4.78 is 31.5. The Labute approximate surface area is 252 Å². The van der Waals surface area contributed by atoms with E-state index in [0.29, 0.717) is 11.3 Å². The smallest absolute Gasteiger partial charge is 0.307 e. The molecule has 0 fully saturated rings. The van der Waals surface area contributed by atoms with Crippen molar-refractivity contribution in [2.24, 2.45) is 0 Å². The molecule has 0 spiro atoms. The number of furan rings is 1. The molecule has 216 valence electrons. The molecule has 8 nitrogen and oxygen atoms in total. The SMILES string of the molecule is O=C(O)Cc1ccc(CN(OCc2ccccc2)[PH](=O)OCc2ccccc2)cc1OCc1cc(Br)c2occc2c1. The zero-order valence-corrected chi connectivity index (χ0v) is 25.2. The number of carboxylic acid groups (broad SMARTS) is 1. The van der Waals surface area contributed by atoms with E-state index in [4.69, 9.17) is 18.5 Å². The van der Waals surface area contributed by atoms with Crippen LogP contribution in [0.5, 0.6) is 5.75 Å². The average Bonchev–Trinajstić information content (AvgIpc) is 3.48. The molecule has 0 amide bonds. The first-order valence-electron chi connectivity index (χ1n) is 13.2. The molecule has 0 aliphatic carbocycles. The summed E-state index contributed by atoms with van der Waals surface area (Å²) in [5, 5.41) is 10.4. The van der Waals surface area contributed by atoms with Crippen molar-refractivity contribution in [3.05, 3.63) is 136 Å². The fourth-order valence-corrected chi connectivity index (χ4v) is 5.86. The van der Waals surface area contributed by atoms with Crippen LogP contribution in [0.1, 0.15) is 27.8 Å². The number of nitrogens with zero attached hydrogens (tertiary/aromatic N) is 1. The number of hydrogen-bond donors (Lipinski definition) is 1. The van der Waals surface area contributed by atoms with Gasteiger partial charge >= 0.3 is 5.97 Å². The van der Waals surface area contributed by atoms with E-state index in [-0.39, 0.29) is 32.8 Å². The number of benzene rings is 4. The van der Waals surface area contributed by atoms with E-state index in [1.54, 1.807) is 24.5 Å². The number of halogens is 1. The molecule has 5 aromatic rings. The van der Waals surface area contributed by atoms with Crippen molar-refractivity contribution in [3.63, 3.8) is 0 Å². The molecule has 0 aliphatic heterocycles. The highest BCUT2D eigenvalue weighted by Gasteiger charge is 2.18. The molecule has 0 radical (unpaired) electrons. The van der Waals surface area contributed by atoms with Gasteiger partial charge in [0.05, 0.1) is 36.9 Å². The van der Waals surface area contributed by atoms with Gasteiger partial charge in [-0.15, -0.1) is 4.83 Å². The van der Waals surface area contributed by atoms with Gasteiger partial charge in [-0.25, -0.2) is 0 Å². The van der Waals surface area contributed by atoms with Crippen molar-refractivity contribution in [1.82, 2.24) is 4.83 Å². The van der Waals surface area contributed by atoms with Gasteiger partial charge in [0, 0.05) is 10.9 Å². The highest BCUT2D eigenvalue weighted by Crippen LogP contribution is 2.34. The van der Waals surface area contributed by atoms with E-state index >= 15 is 0 Å². The van der Waals surface area contributed by atoms with Crippen LogP contribution in [0.4, 0.5) is 0 Å². The largest absolute Gasteiger partial charge is 0.489 e. The minimum atomic E-state index is -2.80. The van der Waals surface area contributed by atoms with Gasteiger partial charge in [0.25, 0.3) is 8.18 Å². The molecule has 1 heterocycles. The number of carbonyl (C=O) groups is 1. The maximum Gasteiger partial charge on any atom is 0.307 e. The third kappa shape index (κ3) is 8.18. The van der Waals surface area contributed by atoms with Gasteiger partial charge < -0.3 is 18.8 Å². The topological polar surface area (TPSA) is 98.4 Å². The van der Waals surface area contributed by atoms with Crippen molar-refractivity contribution in [3.8, 4) is 5.75 Å². The van der Waals surface area contributed by atoms with Crippen molar-refractivity contribution in [2.45, 2.75) is 32.8 Å². The first-order chi connectivity index (χ1) is 20.4. The van der Waals surface area contributed by atoms with Crippen LogP contribution in [0.25, 0.3) is 11.0 Å². The summed E-state index contributed by atoms with van der Waals surface area (Å²) in [6, 6.07) is 30.1. The molecule has 0 saturated heterocycles. The zero-order chi connectivity index (χ0) is 29.3. The van der Waals surface area contributed by atoms with Crippen LogP contribution in [0.15, 0.2) is 112 Å². The Morgan fingerprint density at radius 2 is 1.55 bits per heavy atom. The zero-order valence-electron chi connectivity index (χ0n) is 22.6. The second-order valence-corrected chi connectivity index (χ2v) is 11.7. The number of hydroxylamine groups is 1. The number of fused-ring (bicyclic) bond motifs is 1. The van der Waals surface area contributed by atoms with Gasteiger partial charge in [0.15, 0.2) is 0 Å². The molecular formula is C32H29BrNO7P. The van der Waals surface area contributed by atoms with Crippen LogP contribution in [-0.2, 0) is 51.5 Å². The Hall–Kier alpha value is -3.72. The Morgan fingerprint density at radius 3 is 2.26 bits per heavy atom. The predicted octanol–water partition coefficient (Wildman–Crippen LogP) is 7.94. The Kier molecular flexibility index (Phi) is 10.2. The minimum absolute atomic E-state index is 0.135. The third-order valence-electron chi connectivity index (χ3n) is 6.40. The lowest BCUT2D eigenvalue weighted by molar-refractivity contribution is -0.136. The monoisotopic (exact) mass is 649 g/mol. The lowest BCUT2D eigenvalue weighted by Gasteiger charge is -2.22. The summed E-state index contributed by atoms with van der Waals surface area (Å²) in [5.74, 6) is -0.548. The number of rotatable bonds is 14. The highest BCUT2D eigenvalue weighted by atomic mass is 79.9. The van der Waals surface area contributed by atoms with Crippen LogP contribution in [-0.4, -0.2) is 15.9 Å². The molecule has 1 aromatic heterocycles. The van der Waals surface area contributed by atoms with E-state index < -0.39 is 14.1 Å². The summed E-state index contributed by atoms with van der Waals surface area (Å²) >= 11 is 3.53. The van der Waals surface area contributed by atoms with Crippen molar-refractivity contribution in [2.75, 3.05) is 0 Å². The third-order valence-corrected chi connectivity index (χ3v) is 8.07. The van der Waals surface area contributed by atoms with Crippen LogP contribution >= 0.6 is 24.1 Å². The molecule has 0 bridgehead atoms. The molecule has 10 heteroatoms. The van der Waals surface area contributed by atoms with Crippen molar-refractivity contribution >= 4 is 41.0 Å². The molecular weight excluding hydrogens is 621 g/mol. The van der Waals surface area contributed by atoms with E-state index in [2.05, 4.69) is 15.9 Å². The van der Waals surface area contributed by atoms with Gasteiger partial charge in [0.2, 0.25) is 0 Å². The van der Waals surface area contributed by atoms with E-state index in [9.17, 15) is 14.5 Å². The predicted molar refractivity (Wildman–Crippen MR) is 163 cm³/mol. The number of aliphatic carboxylic acids is 1. The standard InChI is InChI=1S/C32H29BrNO7P/c33-29-16-26(15-28-13-14-38-32(28)29)20-39-30-17-25(11-12-27(30)18-31(35)36)19-34(40-21-23-7-3-1-4-8-23)42(37)41-22-24-9-5-2-6-10-24/h1-17,42H,18-22H2,(H,35,36). The van der Waals surface area contributed by atoms with Gasteiger partial charge in [-0.2, -0.15) is 0 Å². The fourth-order valence-electron chi connectivity index (χ4n) is 4.33. The van der Waals surface area contributed by atoms with E-state index in [1.165, 1.54) is 4.83 Å². The second-order valence-electron chi connectivity index (χ2n) is 9.55. The normalized spacial score (nSPS) is 12.0. The van der Waals surface area contributed by atoms with Crippen molar-refractivity contribution < 1.29 is 33.0 Å². The van der Waals surface area contributed by atoms with Crippen molar-refractivity contribution in [1.29, 1.82) is 0 Å². The molecule has 1 atom stereocenters. The summed E-state index contributed by atoms with van der Waals surface area (Å²) in [7, 11) is -2.80. The maximum absolute atomic E-state index is 13.3. The van der Waals surface area contributed by atoms with E-state index in [0.717, 1.165) is 37.7 Å². The summed E-state index contributed by atoms with van der Waals surface area (Å²) in [6.45, 7) is 0.723. The van der Waals surface area contributed by atoms with Gasteiger partial charge in [-0.05, 0) is 62.4 Å². The van der Waals surface area contributed by atoms with Crippen LogP contribution in [0, 0.1) is 0 Å². The van der Waals surface area contributed by atoms with Gasteiger partial charge in [-0.1, -0.05) is 72.8 Å². The Balaban J connectivity index is 1.34. The molecule has 4 aromatic carbocycles. The maximum atomic E-state index is 13.3. The number of ether oxygens (including phenoxy) is 1. The average molecular weight is 650 g/mol. The summed E-state index contributed by atoms with van der Waals surface area (Å²) in [5.41, 5.74) is 4.69. The lowest BCUT2D eigenvalue weighted by atomic mass is 10.1. The van der Waals surface area contributed by atoms with Crippen LogP contribution in [0.2, 0.25) is 0 Å². The summed E-state index contributed by atoms with van der Waals surface area (Å²) in [6.07, 6.45) is 1.42. The fraction of sp³-hybridized carbons (Fsp3) is 0.156. The lowest BCUT2D eigenvalue weighted by Crippen LogP contribution is -2.17. The van der Waals surface area contributed by atoms with Crippen LogP contribution in [0.3, 0.4) is 0 Å². The molecule has 1 unspecified atom stereocenters. The Morgan fingerprint density at radius 1 is 0.833 bits per heavy atom. The molecule has 42 heavy (non-hydrogen) atoms. The first kappa shape index (κ1) is 29.8. The van der Waals surface area contributed by atoms with Crippen LogP contribution < -0.4 is 4.74 Å². The highest BCUT2D eigenvalue weighted by molar-refractivity contribution is 9.10.